The Labute approximate surface area is 78.6 Å². The maximum Gasteiger partial charge on any atom is 0.138 e. The number of aromatic nitrogens is 4. The van der Waals surface area contributed by atoms with Gasteiger partial charge in [0.25, 0.3) is 0 Å². The molecule has 1 aromatic carbocycles. The highest BCUT2D eigenvalue weighted by molar-refractivity contribution is 6.03. The molecule has 0 fully saturated rings. The van der Waals surface area contributed by atoms with Crippen LogP contribution in [-0.4, -0.2) is 25.3 Å². The van der Waals surface area contributed by atoms with Gasteiger partial charge in [0, 0.05) is 23.2 Å². The number of benzene rings is 1. The summed E-state index contributed by atoms with van der Waals surface area (Å²) < 4.78 is 0. The normalized spacial score (nSPS) is 11.1. The highest BCUT2D eigenvalue weighted by Gasteiger charge is 2.06. The lowest BCUT2D eigenvalue weighted by atomic mass is 10.1. The molecule has 5 nitrogen and oxygen atoms in total. The molecule has 3 aromatic rings. The Bertz CT molecular complexity index is 616. The monoisotopic (exact) mass is 186 g/mol. The number of pyridine rings is 1. The van der Waals surface area contributed by atoms with E-state index in [-0.39, 0.29) is 0 Å². The van der Waals surface area contributed by atoms with Gasteiger partial charge in [0.05, 0.1) is 0 Å². The highest BCUT2D eigenvalue weighted by atomic mass is 16.5. The van der Waals surface area contributed by atoms with E-state index in [1.54, 1.807) is 18.5 Å². The lowest BCUT2D eigenvalue weighted by molar-refractivity contribution is 0.155. The molecule has 14 heavy (non-hydrogen) atoms. The molecule has 0 spiro atoms. The number of rotatable bonds is 0. The van der Waals surface area contributed by atoms with Crippen molar-refractivity contribution in [2.75, 3.05) is 0 Å². The van der Waals surface area contributed by atoms with Crippen LogP contribution in [0.3, 0.4) is 0 Å². The number of nitrogens with zero attached hydrogens (tertiary/aromatic N) is 4. The third kappa shape index (κ3) is 0.806. The molecule has 68 valence electrons. The fourth-order valence-electron chi connectivity index (χ4n) is 1.57. The summed E-state index contributed by atoms with van der Waals surface area (Å²) in [4.78, 5) is 4.79. The Morgan fingerprint density at radius 2 is 2.14 bits per heavy atom. The van der Waals surface area contributed by atoms with Crippen LogP contribution >= 0.6 is 0 Å². The Kier molecular flexibility index (Phi) is 1.25. The molecular formula is C9H6N4O. The minimum absolute atomic E-state index is 0.616. The molecule has 0 saturated carbocycles. The van der Waals surface area contributed by atoms with Crippen molar-refractivity contribution in [1.82, 2.24) is 20.1 Å². The molecule has 0 saturated heterocycles. The molecule has 3 rings (SSSR count). The van der Waals surface area contributed by atoms with Crippen molar-refractivity contribution in [2.24, 2.45) is 0 Å². The van der Waals surface area contributed by atoms with Gasteiger partial charge in [0.15, 0.2) is 0 Å². The Morgan fingerprint density at radius 3 is 3.07 bits per heavy atom. The predicted molar refractivity (Wildman–Crippen MR) is 50.0 cm³/mol. The van der Waals surface area contributed by atoms with Crippen molar-refractivity contribution >= 4 is 21.8 Å². The van der Waals surface area contributed by atoms with Crippen LogP contribution in [0.25, 0.3) is 21.8 Å². The summed E-state index contributed by atoms with van der Waals surface area (Å²) in [5.74, 6) is 0. The van der Waals surface area contributed by atoms with Gasteiger partial charge in [-0.05, 0) is 17.3 Å². The van der Waals surface area contributed by atoms with Crippen molar-refractivity contribution < 1.29 is 5.21 Å². The van der Waals surface area contributed by atoms with E-state index < -0.39 is 0 Å². The Hall–Kier alpha value is -2.17. The van der Waals surface area contributed by atoms with Crippen LogP contribution in [0.2, 0.25) is 0 Å². The fourth-order valence-corrected chi connectivity index (χ4v) is 1.57. The zero-order valence-corrected chi connectivity index (χ0v) is 7.12. The van der Waals surface area contributed by atoms with Gasteiger partial charge in [-0.15, -0.1) is 5.10 Å². The second-order valence-corrected chi connectivity index (χ2v) is 3.01. The molecule has 2 aromatic heterocycles. The van der Waals surface area contributed by atoms with Gasteiger partial charge in [-0.2, -0.15) is 0 Å². The lowest BCUT2D eigenvalue weighted by Crippen LogP contribution is -1.92. The van der Waals surface area contributed by atoms with Crippen LogP contribution in [0.4, 0.5) is 0 Å². The number of hydrogen-bond donors (Lipinski definition) is 1. The van der Waals surface area contributed by atoms with Gasteiger partial charge in [-0.3, -0.25) is 4.98 Å². The van der Waals surface area contributed by atoms with E-state index >= 15 is 0 Å². The first-order valence-corrected chi connectivity index (χ1v) is 4.13. The van der Waals surface area contributed by atoms with Gasteiger partial charge in [-0.25, -0.2) is 0 Å². The zero-order valence-electron chi connectivity index (χ0n) is 7.12. The first kappa shape index (κ1) is 7.25. The molecule has 0 atom stereocenters. The summed E-state index contributed by atoms with van der Waals surface area (Å²) in [5, 5.41) is 18.6. The molecule has 0 bridgehead atoms. The maximum absolute atomic E-state index is 9.43. The predicted octanol–water partition coefficient (Wildman–Crippen LogP) is 1.22. The highest BCUT2D eigenvalue weighted by Crippen LogP contribution is 2.21. The van der Waals surface area contributed by atoms with Crippen molar-refractivity contribution in [3.8, 4) is 0 Å². The summed E-state index contributed by atoms with van der Waals surface area (Å²) in [5.41, 5.74) is 1.29. The van der Waals surface area contributed by atoms with Crippen LogP contribution in [0.5, 0.6) is 0 Å². The van der Waals surface area contributed by atoms with Crippen molar-refractivity contribution in [2.45, 2.75) is 0 Å². The third-order valence-corrected chi connectivity index (χ3v) is 2.21. The maximum atomic E-state index is 9.43. The molecule has 0 radical (unpaired) electrons. The Morgan fingerprint density at radius 1 is 1.21 bits per heavy atom. The molecule has 1 N–H and O–H groups in total. The van der Waals surface area contributed by atoms with E-state index in [1.807, 2.05) is 12.1 Å². The van der Waals surface area contributed by atoms with E-state index in [4.69, 9.17) is 0 Å². The van der Waals surface area contributed by atoms with Gasteiger partial charge >= 0.3 is 0 Å². The van der Waals surface area contributed by atoms with Crippen LogP contribution in [-0.2, 0) is 0 Å². The zero-order chi connectivity index (χ0) is 9.54. The third-order valence-electron chi connectivity index (χ3n) is 2.21. The molecule has 5 heteroatoms. The van der Waals surface area contributed by atoms with Crippen LogP contribution in [0.1, 0.15) is 0 Å². The number of hydrogen-bond acceptors (Lipinski definition) is 4. The number of fused-ring (bicyclic) bond motifs is 3. The average Bonchev–Trinajstić information content (AvgIpc) is 2.61. The van der Waals surface area contributed by atoms with E-state index in [2.05, 4.69) is 15.3 Å². The van der Waals surface area contributed by atoms with Gasteiger partial charge < -0.3 is 5.21 Å². The van der Waals surface area contributed by atoms with Crippen molar-refractivity contribution in [3.05, 3.63) is 30.6 Å². The Balaban J connectivity index is 2.65. The first-order valence-electron chi connectivity index (χ1n) is 4.13. The lowest BCUT2D eigenvalue weighted by Gasteiger charge is -1.97. The molecule has 0 aliphatic heterocycles. The molecule has 0 unspecified atom stereocenters. The molecule has 2 heterocycles. The van der Waals surface area contributed by atoms with Gasteiger partial charge in [0.2, 0.25) is 0 Å². The summed E-state index contributed by atoms with van der Waals surface area (Å²) in [6.07, 6.45) is 3.41. The molecule has 0 amide bonds. The van der Waals surface area contributed by atoms with Crippen molar-refractivity contribution in [3.63, 3.8) is 0 Å². The summed E-state index contributed by atoms with van der Waals surface area (Å²) in [6.45, 7) is 0. The fraction of sp³-hybridized carbons (Fsp3) is 0. The quantitative estimate of drug-likeness (QED) is 0.536. The van der Waals surface area contributed by atoms with Crippen LogP contribution < -0.4 is 0 Å². The second-order valence-electron chi connectivity index (χ2n) is 3.01. The standard InChI is InChI=1S/C9H6N4O/c14-13-9-7-3-4-10-5-6(7)1-2-8(9)11-12-13/h1-5,14H. The summed E-state index contributed by atoms with van der Waals surface area (Å²) in [7, 11) is 0. The van der Waals surface area contributed by atoms with Crippen LogP contribution in [0.15, 0.2) is 30.6 Å². The van der Waals surface area contributed by atoms with E-state index in [0.717, 1.165) is 15.6 Å². The minimum Gasteiger partial charge on any atom is -0.410 e. The summed E-state index contributed by atoms with van der Waals surface area (Å²) >= 11 is 0. The van der Waals surface area contributed by atoms with Crippen molar-refractivity contribution in [1.29, 1.82) is 0 Å². The first-order chi connectivity index (χ1) is 6.86. The van der Waals surface area contributed by atoms with E-state index in [9.17, 15) is 5.21 Å². The average molecular weight is 186 g/mol. The van der Waals surface area contributed by atoms with Crippen LogP contribution in [0, 0.1) is 0 Å². The molecular weight excluding hydrogens is 180 g/mol. The topological polar surface area (TPSA) is 63.8 Å². The van der Waals surface area contributed by atoms with E-state index in [1.165, 1.54) is 0 Å². The smallest absolute Gasteiger partial charge is 0.138 e. The second kappa shape index (κ2) is 2.41. The largest absolute Gasteiger partial charge is 0.410 e. The molecule has 0 aliphatic rings. The molecule has 0 aliphatic carbocycles. The van der Waals surface area contributed by atoms with E-state index in [0.29, 0.717) is 11.0 Å². The SMILES string of the molecule is On1nnc2ccc3cnccc3c21. The minimum atomic E-state index is 0.616. The van der Waals surface area contributed by atoms with Gasteiger partial charge in [0.1, 0.15) is 11.0 Å². The summed E-state index contributed by atoms with van der Waals surface area (Å²) in [6, 6.07) is 5.53. The van der Waals surface area contributed by atoms with Gasteiger partial charge in [-0.1, -0.05) is 10.9 Å².